The summed E-state index contributed by atoms with van der Waals surface area (Å²) in [6.45, 7) is 2.77. The van der Waals surface area contributed by atoms with E-state index < -0.39 is 12.1 Å². The van der Waals surface area contributed by atoms with Gasteiger partial charge in [-0.3, -0.25) is 9.89 Å². The van der Waals surface area contributed by atoms with Gasteiger partial charge in [-0.2, -0.15) is 18.3 Å². The number of aliphatic carboxylic acids is 1. The van der Waals surface area contributed by atoms with Crippen LogP contribution in [0.5, 0.6) is 0 Å². The van der Waals surface area contributed by atoms with Crippen molar-refractivity contribution >= 4 is 11.9 Å². The van der Waals surface area contributed by atoms with E-state index in [1.54, 1.807) is 0 Å². The monoisotopic (exact) mass is 452 g/mol. The molecule has 1 amide bonds. The maximum absolute atomic E-state index is 13.0. The summed E-state index contributed by atoms with van der Waals surface area (Å²) in [5.74, 6) is -2.24. The molecular formula is C22H27F3N4O3. The maximum Gasteiger partial charge on any atom is 0.490 e. The quantitative estimate of drug-likeness (QED) is 0.569. The molecule has 5 N–H and O–H groups in total. The zero-order valence-electron chi connectivity index (χ0n) is 17.7. The second-order valence-electron chi connectivity index (χ2n) is 8.40. The van der Waals surface area contributed by atoms with E-state index >= 15 is 0 Å². The van der Waals surface area contributed by atoms with E-state index in [4.69, 9.17) is 15.6 Å². The number of carboxylic acids is 1. The molecule has 0 fully saturated rings. The Kier molecular flexibility index (Phi) is 7.22. The Morgan fingerprint density at radius 2 is 2.03 bits per heavy atom. The Balaban J connectivity index is 0.000000360. The number of hydrogen-bond donors (Lipinski definition) is 4. The van der Waals surface area contributed by atoms with Crippen molar-refractivity contribution < 1.29 is 27.9 Å². The molecule has 3 unspecified atom stereocenters. The molecule has 0 bridgehead atoms. The molecule has 0 saturated heterocycles. The molecule has 7 nitrogen and oxygen atoms in total. The summed E-state index contributed by atoms with van der Waals surface area (Å²) in [7, 11) is 0. The van der Waals surface area contributed by atoms with Gasteiger partial charge in [0.15, 0.2) is 0 Å². The van der Waals surface area contributed by atoms with E-state index in [1.807, 2.05) is 6.20 Å². The largest absolute Gasteiger partial charge is 0.490 e. The lowest BCUT2D eigenvalue weighted by atomic mass is 9.80. The maximum atomic E-state index is 13.0. The van der Waals surface area contributed by atoms with Crippen molar-refractivity contribution in [3.05, 3.63) is 52.3 Å². The number of nitrogens with zero attached hydrogens (tertiary/aromatic N) is 1. The summed E-state index contributed by atoms with van der Waals surface area (Å²) < 4.78 is 31.7. The fourth-order valence-electron chi connectivity index (χ4n) is 4.42. The van der Waals surface area contributed by atoms with Crippen molar-refractivity contribution in [1.29, 1.82) is 0 Å². The highest BCUT2D eigenvalue weighted by molar-refractivity contribution is 5.84. The summed E-state index contributed by atoms with van der Waals surface area (Å²) in [6.07, 6.45) is 1.84. The smallest absolute Gasteiger partial charge is 0.475 e. The van der Waals surface area contributed by atoms with Gasteiger partial charge in [0.1, 0.15) is 0 Å². The fraction of sp³-hybridized carbons (Fsp3) is 0.500. The van der Waals surface area contributed by atoms with Crippen molar-refractivity contribution in [3.8, 4) is 0 Å². The number of carboxylic acid groups (broad SMARTS) is 1. The molecule has 32 heavy (non-hydrogen) atoms. The summed E-state index contributed by atoms with van der Waals surface area (Å²) in [5, 5.41) is 17.7. The molecule has 0 aliphatic heterocycles. The minimum atomic E-state index is -5.08. The minimum Gasteiger partial charge on any atom is -0.475 e. The number of H-pyrrole nitrogens is 1. The van der Waals surface area contributed by atoms with Gasteiger partial charge < -0.3 is 16.2 Å². The molecule has 10 heteroatoms. The molecule has 2 aliphatic carbocycles. The van der Waals surface area contributed by atoms with Gasteiger partial charge in [0.2, 0.25) is 5.91 Å². The normalized spacial score (nSPS) is 22.1. The van der Waals surface area contributed by atoms with Gasteiger partial charge in [0.25, 0.3) is 0 Å². The average molecular weight is 452 g/mol. The zero-order chi connectivity index (χ0) is 23.5. The van der Waals surface area contributed by atoms with E-state index in [-0.39, 0.29) is 17.9 Å². The number of carbonyl (C=O) groups is 2. The molecular weight excluding hydrogens is 425 g/mol. The van der Waals surface area contributed by atoms with Crippen molar-refractivity contribution in [2.45, 2.75) is 63.7 Å². The first-order valence-corrected chi connectivity index (χ1v) is 10.5. The molecule has 3 atom stereocenters. The molecule has 174 valence electrons. The van der Waals surface area contributed by atoms with E-state index in [2.05, 4.69) is 40.6 Å². The highest BCUT2D eigenvalue weighted by Gasteiger charge is 2.38. The molecule has 0 radical (unpaired) electrons. The van der Waals surface area contributed by atoms with E-state index in [0.717, 1.165) is 43.4 Å². The van der Waals surface area contributed by atoms with Crippen LogP contribution in [0.25, 0.3) is 0 Å². The van der Waals surface area contributed by atoms with Crippen molar-refractivity contribution in [1.82, 2.24) is 15.5 Å². The van der Waals surface area contributed by atoms with Gasteiger partial charge in [0.05, 0.1) is 23.9 Å². The van der Waals surface area contributed by atoms with Crippen LogP contribution in [-0.2, 0) is 29.0 Å². The molecule has 0 spiro atoms. The number of alkyl halides is 3. The van der Waals surface area contributed by atoms with E-state index in [0.29, 0.717) is 12.5 Å². The van der Waals surface area contributed by atoms with Gasteiger partial charge in [-0.15, -0.1) is 0 Å². The van der Waals surface area contributed by atoms with Crippen LogP contribution in [-0.4, -0.2) is 33.4 Å². The number of amides is 1. The van der Waals surface area contributed by atoms with Crippen LogP contribution < -0.4 is 11.1 Å². The number of carbonyl (C=O) groups excluding carboxylic acids is 1. The fourth-order valence-corrected chi connectivity index (χ4v) is 4.42. The summed E-state index contributed by atoms with van der Waals surface area (Å²) in [6, 6.07) is 6.53. The van der Waals surface area contributed by atoms with Crippen LogP contribution in [0.1, 0.15) is 66.1 Å². The number of rotatable bonds is 3. The molecule has 4 rings (SSSR count). The standard InChI is InChI=1S/C20H26N4O.C2HF3O2/c1-12-7-15-11-22-24-19(15)17(8-12)20(25)23-18-4-2-3-14-9-13(10-21)5-6-16(14)18;3-2(4,5)1(6)7/h5-6,9,11-12,17-18H,2-4,7-8,10,21H2,1H3,(H,22,24)(H,23,25);(H,6,7). The third-order valence-corrected chi connectivity index (χ3v) is 5.94. The third kappa shape index (κ3) is 5.48. The predicted octanol–water partition coefficient (Wildman–Crippen LogP) is 3.36. The SMILES string of the molecule is CC1Cc2cn[nH]c2C(C(=O)NC2CCCc3cc(CN)ccc32)C1.O=C(O)C(F)(F)F. The predicted molar refractivity (Wildman–Crippen MR) is 111 cm³/mol. The van der Waals surface area contributed by atoms with Crippen molar-refractivity contribution in [2.24, 2.45) is 11.7 Å². The molecule has 0 saturated carbocycles. The first kappa shape index (κ1) is 23.8. The van der Waals surface area contributed by atoms with E-state index in [9.17, 15) is 18.0 Å². The topological polar surface area (TPSA) is 121 Å². The number of benzene rings is 1. The number of nitrogens with two attached hydrogens (primary N) is 1. The lowest BCUT2D eigenvalue weighted by Gasteiger charge is -2.31. The molecule has 2 aliphatic rings. The Morgan fingerprint density at radius 1 is 1.31 bits per heavy atom. The van der Waals surface area contributed by atoms with Crippen LogP contribution in [0.2, 0.25) is 0 Å². The third-order valence-electron chi connectivity index (χ3n) is 5.94. The highest BCUT2D eigenvalue weighted by Crippen LogP contribution is 2.35. The number of aryl methyl sites for hydroxylation is 1. The minimum absolute atomic E-state index is 0.103. The first-order chi connectivity index (χ1) is 15.1. The highest BCUT2D eigenvalue weighted by atomic mass is 19.4. The summed E-state index contributed by atoms with van der Waals surface area (Å²) in [5.41, 5.74) is 11.7. The van der Waals surface area contributed by atoms with Crippen LogP contribution in [0.3, 0.4) is 0 Å². The molecule has 2 aromatic rings. The second-order valence-corrected chi connectivity index (χ2v) is 8.40. The van der Waals surface area contributed by atoms with Gasteiger partial charge >= 0.3 is 12.1 Å². The first-order valence-electron chi connectivity index (χ1n) is 10.5. The van der Waals surface area contributed by atoms with Gasteiger partial charge in [-0.05, 0) is 60.3 Å². The number of halogens is 3. The van der Waals surface area contributed by atoms with Gasteiger partial charge in [-0.25, -0.2) is 4.79 Å². The van der Waals surface area contributed by atoms with E-state index in [1.165, 1.54) is 16.7 Å². The lowest BCUT2D eigenvalue weighted by Crippen LogP contribution is -2.37. The Bertz CT molecular complexity index is 974. The summed E-state index contributed by atoms with van der Waals surface area (Å²) in [4.78, 5) is 21.9. The van der Waals surface area contributed by atoms with Crippen LogP contribution >= 0.6 is 0 Å². The van der Waals surface area contributed by atoms with Crippen LogP contribution in [0.15, 0.2) is 24.4 Å². The average Bonchev–Trinajstić information content (AvgIpc) is 3.21. The molecule has 1 aromatic carbocycles. The molecule has 1 aromatic heterocycles. The number of aromatic nitrogens is 2. The van der Waals surface area contributed by atoms with Crippen molar-refractivity contribution in [2.75, 3.05) is 0 Å². The summed E-state index contributed by atoms with van der Waals surface area (Å²) >= 11 is 0. The van der Waals surface area contributed by atoms with Crippen LogP contribution in [0.4, 0.5) is 13.2 Å². The van der Waals surface area contributed by atoms with Gasteiger partial charge in [0, 0.05) is 6.54 Å². The Labute approximate surface area is 183 Å². The Morgan fingerprint density at radius 3 is 2.69 bits per heavy atom. The van der Waals surface area contributed by atoms with Crippen LogP contribution in [0, 0.1) is 5.92 Å². The number of hydrogen-bond acceptors (Lipinski definition) is 4. The Hall–Kier alpha value is -2.88. The number of fused-ring (bicyclic) bond motifs is 2. The number of aromatic amines is 1. The van der Waals surface area contributed by atoms with Gasteiger partial charge in [-0.1, -0.05) is 25.1 Å². The molecule has 1 heterocycles. The lowest BCUT2D eigenvalue weighted by molar-refractivity contribution is -0.192. The van der Waals surface area contributed by atoms with Crippen molar-refractivity contribution in [3.63, 3.8) is 0 Å². The number of nitrogens with one attached hydrogen (secondary N) is 2. The second kappa shape index (κ2) is 9.72. The zero-order valence-corrected chi connectivity index (χ0v) is 17.7.